The summed E-state index contributed by atoms with van der Waals surface area (Å²) in [5, 5.41) is 6.21. The van der Waals surface area contributed by atoms with Gasteiger partial charge in [0.2, 0.25) is 0 Å². The van der Waals surface area contributed by atoms with Crippen molar-refractivity contribution >= 4 is 18.3 Å². The topological polar surface area (TPSA) is 59.6 Å². The van der Waals surface area contributed by atoms with E-state index in [1.807, 2.05) is 0 Å². The lowest BCUT2D eigenvalue weighted by atomic mass is 10.1. The molecule has 0 fully saturated rings. The van der Waals surface area contributed by atoms with Crippen molar-refractivity contribution in [1.82, 2.24) is 10.6 Å². The molecular formula is C18H27ClN2O3. The van der Waals surface area contributed by atoms with Gasteiger partial charge in [-0.1, -0.05) is 25.5 Å². The summed E-state index contributed by atoms with van der Waals surface area (Å²) in [6.45, 7) is 7.23. The zero-order valence-electron chi connectivity index (χ0n) is 14.6. The standard InChI is InChI=1S/C18H26N2O3.ClH/c1-13(2)12-23-16-5-4-15(10-17(16)22-3)18(21)20-11-14-6-8-19-9-7-14;/h4-6,10,13,19H,7-9,11-12H2,1-3H3,(H,20,21);1H. The van der Waals surface area contributed by atoms with Crippen molar-refractivity contribution in [2.45, 2.75) is 20.3 Å². The molecule has 2 N–H and O–H groups in total. The summed E-state index contributed by atoms with van der Waals surface area (Å²) in [5.74, 6) is 1.58. The Morgan fingerprint density at radius 3 is 2.75 bits per heavy atom. The van der Waals surface area contributed by atoms with E-state index in [-0.39, 0.29) is 18.3 Å². The van der Waals surface area contributed by atoms with Crippen molar-refractivity contribution in [2.24, 2.45) is 5.92 Å². The molecule has 1 amide bonds. The second kappa shape index (κ2) is 10.2. The first-order valence-corrected chi connectivity index (χ1v) is 8.07. The summed E-state index contributed by atoms with van der Waals surface area (Å²) in [5.41, 5.74) is 1.84. The van der Waals surface area contributed by atoms with Crippen LogP contribution in [0.1, 0.15) is 30.6 Å². The summed E-state index contributed by atoms with van der Waals surface area (Å²) in [4.78, 5) is 12.3. The average Bonchev–Trinajstić information content (AvgIpc) is 2.58. The van der Waals surface area contributed by atoms with Gasteiger partial charge in [0.05, 0.1) is 13.7 Å². The van der Waals surface area contributed by atoms with Crippen molar-refractivity contribution in [2.75, 3.05) is 33.4 Å². The first-order valence-electron chi connectivity index (χ1n) is 8.07. The Morgan fingerprint density at radius 2 is 2.12 bits per heavy atom. The van der Waals surface area contributed by atoms with Crippen molar-refractivity contribution in [3.63, 3.8) is 0 Å². The van der Waals surface area contributed by atoms with Crippen LogP contribution >= 0.6 is 12.4 Å². The molecule has 0 radical (unpaired) electrons. The predicted molar refractivity (Wildman–Crippen MR) is 98.5 cm³/mol. The lowest BCUT2D eigenvalue weighted by Gasteiger charge is -2.15. The molecule has 1 aromatic carbocycles. The highest BCUT2D eigenvalue weighted by atomic mass is 35.5. The predicted octanol–water partition coefficient (Wildman–Crippen LogP) is 2.80. The summed E-state index contributed by atoms with van der Waals surface area (Å²) in [6.07, 6.45) is 3.11. The van der Waals surface area contributed by atoms with Crippen LogP contribution in [0.4, 0.5) is 0 Å². The molecule has 0 aromatic heterocycles. The van der Waals surface area contributed by atoms with Crippen molar-refractivity contribution in [3.05, 3.63) is 35.4 Å². The van der Waals surface area contributed by atoms with Gasteiger partial charge in [-0.15, -0.1) is 12.4 Å². The molecule has 24 heavy (non-hydrogen) atoms. The first-order chi connectivity index (χ1) is 11.1. The molecule has 1 heterocycles. The SMILES string of the molecule is COc1cc(C(=O)NCC2=CCNCC2)ccc1OCC(C)C.Cl. The molecule has 1 aromatic rings. The van der Waals surface area contributed by atoms with Crippen molar-refractivity contribution < 1.29 is 14.3 Å². The maximum Gasteiger partial charge on any atom is 0.251 e. The monoisotopic (exact) mass is 354 g/mol. The molecule has 5 nitrogen and oxygen atoms in total. The molecule has 1 aliphatic rings. The van der Waals surface area contributed by atoms with Crippen LogP contribution in [0.2, 0.25) is 0 Å². The number of ether oxygens (including phenoxy) is 2. The Labute approximate surface area is 150 Å². The maximum atomic E-state index is 12.3. The third-order valence-corrected chi connectivity index (χ3v) is 3.63. The second-order valence-corrected chi connectivity index (χ2v) is 6.07. The van der Waals surface area contributed by atoms with E-state index in [0.717, 1.165) is 19.5 Å². The summed E-state index contributed by atoms with van der Waals surface area (Å²) in [6, 6.07) is 5.28. The molecule has 0 atom stereocenters. The van der Waals surface area contributed by atoms with E-state index in [9.17, 15) is 4.79 Å². The van der Waals surface area contributed by atoms with Crippen molar-refractivity contribution in [3.8, 4) is 11.5 Å². The number of amides is 1. The second-order valence-electron chi connectivity index (χ2n) is 6.07. The third kappa shape index (κ3) is 6.06. The van der Waals surface area contributed by atoms with Crippen LogP contribution in [0.3, 0.4) is 0 Å². The Morgan fingerprint density at radius 1 is 1.33 bits per heavy atom. The summed E-state index contributed by atoms with van der Waals surface area (Å²) >= 11 is 0. The van der Waals surface area contributed by atoms with Crippen LogP contribution in [-0.2, 0) is 0 Å². The zero-order chi connectivity index (χ0) is 16.7. The number of hydrogen-bond donors (Lipinski definition) is 2. The molecular weight excluding hydrogens is 328 g/mol. The minimum absolute atomic E-state index is 0. The molecule has 0 unspecified atom stereocenters. The molecule has 0 aliphatic carbocycles. The van der Waals surface area contributed by atoms with Gasteiger partial charge in [-0.25, -0.2) is 0 Å². The minimum atomic E-state index is -0.0989. The molecule has 0 saturated carbocycles. The van der Waals surface area contributed by atoms with E-state index < -0.39 is 0 Å². The lowest BCUT2D eigenvalue weighted by Crippen LogP contribution is -2.29. The first kappa shape index (κ1) is 20.3. The Kier molecular flexibility index (Phi) is 8.65. The van der Waals surface area contributed by atoms with Crippen LogP contribution in [0, 0.1) is 5.92 Å². The van der Waals surface area contributed by atoms with Crippen molar-refractivity contribution in [1.29, 1.82) is 0 Å². The minimum Gasteiger partial charge on any atom is -0.493 e. The van der Waals surface area contributed by atoms with Gasteiger partial charge in [0.1, 0.15) is 0 Å². The number of carbonyl (C=O) groups is 1. The van der Waals surface area contributed by atoms with E-state index in [2.05, 4.69) is 30.6 Å². The summed E-state index contributed by atoms with van der Waals surface area (Å²) < 4.78 is 11.0. The van der Waals surface area contributed by atoms with Crippen LogP contribution in [0.15, 0.2) is 29.8 Å². The number of nitrogens with one attached hydrogen (secondary N) is 2. The number of halogens is 1. The number of hydrogen-bond acceptors (Lipinski definition) is 4. The smallest absolute Gasteiger partial charge is 0.251 e. The van der Waals surface area contributed by atoms with Gasteiger partial charge in [0.15, 0.2) is 11.5 Å². The number of carbonyl (C=O) groups excluding carboxylic acids is 1. The van der Waals surface area contributed by atoms with Gasteiger partial charge in [-0.3, -0.25) is 4.79 Å². The van der Waals surface area contributed by atoms with E-state index in [1.54, 1.807) is 25.3 Å². The number of rotatable bonds is 7. The average molecular weight is 355 g/mol. The van der Waals surface area contributed by atoms with Gasteiger partial charge in [0, 0.05) is 18.7 Å². The van der Waals surface area contributed by atoms with Gasteiger partial charge in [0.25, 0.3) is 5.91 Å². The highest BCUT2D eigenvalue weighted by Gasteiger charge is 2.12. The maximum absolute atomic E-state index is 12.3. The van der Waals surface area contributed by atoms with Crippen LogP contribution < -0.4 is 20.1 Å². The van der Waals surface area contributed by atoms with Gasteiger partial charge in [-0.2, -0.15) is 0 Å². The van der Waals surface area contributed by atoms with Gasteiger partial charge >= 0.3 is 0 Å². The quantitative estimate of drug-likeness (QED) is 0.739. The molecule has 0 spiro atoms. The van der Waals surface area contributed by atoms with E-state index in [4.69, 9.17) is 9.47 Å². The van der Waals surface area contributed by atoms with Crippen LogP contribution in [0.25, 0.3) is 0 Å². The largest absolute Gasteiger partial charge is 0.493 e. The van der Waals surface area contributed by atoms with Crippen LogP contribution in [-0.4, -0.2) is 39.3 Å². The fourth-order valence-corrected chi connectivity index (χ4v) is 2.31. The molecule has 134 valence electrons. The summed E-state index contributed by atoms with van der Waals surface area (Å²) in [7, 11) is 1.58. The highest BCUT2D eigenvalue weighted by Crippen LogP contribution is 2.28. The normalized spacial score (nSPS) is 13.8. The fraction of sp³-hybridized carbons (Fsp3) is 0.500. The molecule has 0 bridgehead atoms. The number of methoxy groups -OCH3 is 1. The molecule has 0 saturated heterocycles. The molecule has 2 rings (SSSR count). The van der Waals surface area contributed by atoms with Crippen LogP contribution in [0.5, 0.6) is 11.5 Å². The zero-order valence-corrected chi connectivity index (χ0v) is 15.4. The van der Waals surface area contributed by atoms with E-state index >= 15 is 0 Å². The van der Waals surface area contributed by atoms with Gasteiger partial charge in [-0.05, 0) is 37.1 Å². The van der Waals surface area contributed by atoms with E-state index in [0.29, 0.717) is 36.1 Å². The van der Waals surface area contributed by atoms with E-state index in [1.165, 1.54) is 5.57 Å². The Balaban J connectivity index is 0.00000288. The Bertz CT molecular complexity index is 573. The number of benzene rings is 1. The molecule has 6 heteroatoms. The Hall–Kier alpha value is -1.72. The van der Waals surface area contributed by atoms with Gasteiger partial charge < -0.3 is 20.1 Å². The third-order valence-electron chi connectivity index (χ3n) is 3.63. The fourth-order valence-electron chi connectivity index (χ4n) is 2.31. The molecule has 1 aliphatic heterocycles. The highest BCUT2D eigenvalue weighted by molar-refractivity contribution is 5.95. The lowest BCUT2D eigenvalue weighted by molar-refractivity contribution is 0.0956.